The number of alkyl halides is 3. The summed E-state index contributed by atoms with van der Waals surface area (Å²) in [4.78, 5) is 21.5. The number of nitrogens with zero attached hydrogens (tertiary/aromatic N) is 6. The van der Waals surface area contributed by atoms with Crippen molar-refractivity contribution in [1.29, 1.82) is 5.26 Å². The minimum atomic E-state index is -4.92. The van der Waals surface area contributed by atoms with E-state index >= 15 is 4.39 Å². The van der Waals surface area contributed by atoms with Gasteiger partial charge in [-0.05, 0) is 44.0 Å². The number of benzene rings is 1. The Balaban J connectivity index is 1.73. The average molecular weight is 526 g/mol. The van der Waals surface area contributed by atoms with Gasteiger partial charge < -0.3 is 4.74 Å². The van der Waals surface area contributed by atoms with E-state index in [0.717, 1.165) is 18.7 Å². The van der Waals surface area contributed by atoms with Crippen LogP contribution in [0.4, 0.5) is 17.6 Å². The summed E-state index contributed by atoms with van der Waals surface area (Å²) in [7, 11) is 2.78. The second-order valence-electron chi connectivity index (χ2n) is 9.45. The molecule has 1 aromatic carbocycles. The molecule has 1 aliphatic heterocycles. The molecular weight excluding hydrogens is 504 g/mol. The average Bonchev–Trinajstić information content (AvgIpc) is 3.31. The fourth-order valence-corrected chi connectivity index (χ4v) is 4.93. The summed E-state index contributed by atoms with van der Waals surface area (Å²) in [6.45, 7) is 1.90. The van der Waals surface area contributed by atoms with Crippen LogP contribution in [0.5, 0.6) is 0 Å². The number of aromatic nitrogens is 5. The van der Waals surface area contributed by atoms with Crippen LogP contribution >= 0.6 is 0 Å². The highest BCUT2D eigenvalue weighted by atomic mass is 19.4. The van der Waals surface area contributed by atoms with E-state index in [1.54, 1.807) is 17.9 Å². The highest BCUT2D eigenvalue weighted by Gasteiger charge is 2.38. The first kappa shape index (κ1) is 25.5. The quantitative estimate of drug-likeness (QED) is 0.356. The maximum Gasteiger partial charge on any atom is 0.449 e. The van der Waals surface area contributed by atoms with Gasteiger partial charge in [-0.25, -0.2) is 9.37 Å². The molecule has 196 valence electrons. The Kier molecular flexibility index (Phi) is 6.27. The summed E-state index contributed by atoms with van der Waals surface area (Å²) in [5.74, 6) is -2.53. The van der Waals surface area contributed by atoms with Crippen molar-refractivity contribution in [1.82, 2.24) is 24.3 Å². The molecule has 5 rings (SSSR count). The molecule has 0 saturated carbocycles. The SMILES string of the molecule is C[C@@H]1C[C@@H](c2cc3c(=O)n(C)c(C(F)(F)F)nc3c(-c3ccc(C#N)cc3F)n2)C[C@H](c2cnn(C)c2)O1. The molecule has 3 aromatic heterocycles. The van der Waals surface area contributed by atoms with E-state index in [1.807, 2.05) is 19.2 Å². The Hall–Kier alpha value is -4.11. The molecule has 1 aliphatic rings. The van der Waals surface area contributed by atoms with Crippen LogP contribution in [0.25, 0.3) is 22.2 Å². The largest absolute Gasteiger partial charge is 0.449 e. The monoisotopic (exact) mass is 526 g/mol. The lowest BCUT2D eigenvalue weighted by molar-refractivity contribution is -0.147. The number of halogens is 4. The Morgan fingerprint density at radius 2 is 1.92 bits per heavy atom. The summed E-state index contributed by atoms with van der Waals surface area (Å²) in [6, 6.07) is 6.83. The van der Waals surface area contributed by atoms with Crippen LogP contribution in [0.2, 0.25) is 0 Å². The molecule has 3 atom stereocenters. The molecule has 4 aromatic rings. The molecule has 1 fully saturated rings. The first-order valence-corrected chi connectivity index (χ1v) is 11.8. The number of nitriles is 1. The smallest absolute Gasteiger partial charge is 0.370 e. The predicted octanol–water partition coefficient (Wildman–Crippen LogP) is 4.78. The Labute approximate surface area is 214 Å². The second-order valence-corrected chi connectivity index (χ2v) is 9.45. The van der Waals surface area contributed by atoms with Gasteiger partial charge >= 0.3 is 6.18 Å². The standard InChI is InChI=1S/C26H22F4N6O2/c1-13-6-15(8-21(38-13)16-11-32-35(2)12-16)20-9-18-23(34-25(26(28,29)30)36(3)24(18)37)22(33-20)17-5-4-14(10-31)7-19(17)27/h4-5,7,9,11-13,15,21H,6,8H2,1-3H3/t13-,15-,21-/m1/s1. The van der Waals surface area contributed by atoms with Gasteiger partial charge in [0.1, 0.15) is 11.3 Å². The fraction of sp³-hybridized carbons (Fsp3) is 0.346. The van der Waals surface area contributed by atoms with Crippen molar-refractivity contribution in [2.45, 2.75) is 44.1 Å². The van der Waals surface area contributed by atoms with Gasteiger partial charge in [-0.3, -0.25) is 19.0 Å². The molecule has 0 radical (unpaired) electrons. The number of hydrogen-bond donors (Lipinski definition) is 0. The maximum absolute atomic E-state index is 15.1. The maximum atomic E-state index is 15.1. The van der Waals surface area contributed by atoms with Crippen molar-refractivity contribution in [3.63, 3.8) is 0 Å². The molecule has 0 spiro atoms. The molecule has 0 amide bonds. The third kappa shape index (κ3) is 4.54. The minimum absolute atomic E-state index is 0.0316. The molecule has 0 aliphatic carbocycles. The van der Waals surface area contributed by atoms with Gasteiger partial charge in [-0.15, -0.1) is 0 Å². The van der Waals surface area contributed by atoms with Crippen molar-refractivity contribution < 1.29 is 22.3 Å². The van der Waals surface area contributed by atoms with Gasteiger partial charge in [0.2, 0.25) is 5.82 Å². The fourth-order valence-electron chi connectivity index (χ4n) is 4.93. The molecule has 8 nitrogen and oxygen atoms in total. The number of hydrogen-bond acceptors (Lipinski definition) is 6. The lowest BCUT2D eigenvalue weighted by Crippen LogP contribution is -2.29. The number of rotatable bonds is 3. The van der Waals surface area contributed by atoms with Crippen LogP contribution in [0, 0.1) is 17.1 Å². The summed E-state index contributed by atoms with van der Waals surface area (Å²) in [6.07, 6.45) is -0.906. The Morgan fingerprint density at radius 3 is 2.55 bits per heavy atom. The van der Waals surface area contributed by atoms with E-state index in [0.29, 0.717) is 23.1 Å². The van der Waals surface area contributed by atoms with Gasteiger partial charge in [-0.2, -0.15) is 23.5 Å². The van der Waals surface area contributed by atoms with Gasteiger partial charge in [0, 0.05) is 43.0 Å². The third-order valence-electron chi connectivity index (χ3n) is 6.72. The van der Waals surface area contributed by atoms with Crippen LogP contribution in [-0.4, -0.2) is 30.4 Å². The van der Waals surface area contributed by atoms with Crippen molar-refractivity contribution in [3.05, 3.63) is 75.5 Å². The zero-order valence-corrected chi connectivity index (χ0v) is 20.6. The molecule has 4 heterocycles. The number of ether oxygens (including phenoxy) is 1. The van der Waals surface area contributed by atoms with Crippen LogP contribution in [0.1, 0.15) is 54.4 Å². The summed E-state index contributed by atoms with van der Waals surface area (Å²) >= 11 is 0. The number of fused-ring (bicyclic) bond motifs is 1. The van der Waals surface area contributed by atoms with Gasteiger partial charge in [0.05, 0.1) is 41.1 Å². The highest BCUT2D eigenvalue weighted by Crippen LogP contribution is 2.41. The second kappa shape index (κ2) is 9.33. The Bertz CT molecular complexity index is 1650. The summed E-state index contributed by atoms with van der Waals surface area (Å²) in [5.41, 5.74) is -0.339. The van der Waals surface area contributed by atoms with Gasteiger partial charge in [-0.1, -0.05) is 0 Å². The lowest BCUT2D eigenvalue weighted by Gasteiger charge is -2.33. The van der Waals surface area contributed by atoms with Crippen molar-refractivity contribution in [2.24, 2.45) is 14.1 Å². The minimum Gasteiger partial charge on any atom is -0.370 e. The lowest BCUT2D eigenvalue weighted by atomic mass is 9.86. The number of aryl methyl sites for hydroxylation is 1. The van der Waals surface area contributed by atoms with Gasteiger partial charge in [0.15, 0.2) is 0 Å². The zero-order chi connectivity index (χ0) is 27.4. The Morgan fingerprint density at radius 1 is 1.16 bits per heavy atom. The van der Waals surface area contributed by atoms with E-state index < -0.39 is 23.4 Å². The van der Waals surface area contributed by atoms with Crippen molar-refractivity contribution in [2.75, 3.05) is 0 Å². The number of pyridine rings is 1. The molecule has 0 N–H and O–H groups in total. The molecule has 38 heavy (non-hydrogen) atoms. The van der Waals surface area contributed by atoms with E-state index in [9.17, 15) is 18.0 Å². The molecule has 0 unspecified atom stereocenters. The normalized spacial score (nSPS) is 20.0. The van der Waals surface area contributed by atoms with Crippen LogP contribution < -0.4 is 5.56 Å². The molecule has 0 bridgehead atoms. The van der Waals surface area contributed by atoms with Crippen molar-refractivity contribution >= 4 is 10.9 Å². The summed E-state index contributed by atoms with van der Waals surface area (Å²) in [5, 5.41) is 13.2. The van der Waals surface area contributed by atoms with Gasteiger partial charge in [0.25, 0.3) is 5.56 Å². The highest BCUT2D eigenvalue weighted by molar-refractivity contribution is 5.91. The topological polar surface area (TPSA) is 98.6 Å². The predicted molar refractivity (Wildman–Crippen MR) is 128 cm³/mol. The van der Waals surface area contributed by atoms with Crippen LogP contribution in [-0.2, 0) is 25.0 Å². The zero-order valence-electron chi connectivity index (χ0n) is 20.6. The molecule has 12 heteroatoms. The van der Waals surface area contributed by atoms with Crippen LogP contribution in [0.15, 0.2) is 41.5 Å². The molecular formula is C26H22F4N6O2. The van der Waals surface area contributed by atoms with E-state index in [2.05, 4.69) is 15.1 Å². The van der Waals surface area contributed by atoms with E-state index in [4.69, 9.17) is 10.00 Å². The third-order valence-corrected chi connectivity index (χ3v) is 6.72. The van der Waals surface area contributed by atoms with E-state index in [-0.39, 0.29) is 45.8 Å². The van der Waals surface area contributed by atoms with E-state index in [1.165, 1.54) is 18.2 Å². The first-order chi connectivity index (χ1) is 18.0. The van der Waals surface area contributed by atoms with Crippen LogP contribution in [0.3, 0.4) is 0 Å². The first-order valence-electron chi connectivity index (χ1n) is 11.8. The molecule has 1 saturated heterocycles. The summed E-state index contributed by atoms with van der Waals surface area (Å²) < 4.78 is 64.5. The van der Waals surface area contributed by atoms with Crippen molar-refractivity contribution in [3.8, 4) is 17.3 Å².